The van der Waals surface area contributed by atoms with Crippen molar-refractivity contribution in [1.82, 2.24) is 9.55 Å². The maximum atomic E-state index is 11.2. The first kappa shape index (κ1) is 7.24. The van der Waals surface area contributed by atoms with Gasteiger partial charge in [0.1, 0.15) is 0 Å². The van der Waals surface area contributed by atoms with Crippen molar-refractivity contribution in [2.75, 3.05) is 0 Å². The van der Waals surface area contributed by atoms with Crippen molar-refractivity contribution in [1.29, 1.82) is 0 Å². The fourth-order valence-electron chi connectivity index (χ4n) is 1.18. The highest BCUT2D eigenvalue weighted by molar-refractivity contribution is 7.78. The molecule has 0 aliphatic rings. The normalized spacial score (nSPS) is 10.3. The van der Waals surface area contributed by atoms with Gasteiger partial charge in [0.05, 0.1) is 16.5 Å². The molecule has 0 saturated heterocycles. The molecule has 0 spiro atoms. The molecule has 0 fully saturated rings. The summed E-state index contributed by atoms with van der Waals surface area (Å²) in [6.07, 6.45) is 0. The summed E-state index contributed by atoms with van der Waals surface area (Å²) in [6, 6.07) is 7.42. The van der Waals surface area contributed by atoms with Crippen LogP contribution in [0.5, 0.6) is 0 Å². The summed E-state index contributed by atoms with van der Waals surface area (Å²) in [5.41, 5.74) is 2.77. The van der Waals surface area contributed by atoms with Gasteiger partial charge in [-0.05, 0) is 12.1 Å². The molecule has 1 aromatic heterocycles. The minimum absolute atomic E-state index is 0.189. The molecule has 1 aromatic carbocycles. The quantitative estimate of drug-likeness (QED) is 0.665. The summed E-state index contributed by atoms with van der Waals surface area (Å²) >= 11 is 4.71. The van der Waals surface area contributed by atoms with Crippen LogP contribution in [-0.4, -0.2) is 15.0 Å². The predicted molar refractivity (Wildman–Crippen MR) is 51.6 cm³/mol. The van der Waals surface area contributed by atoms with Crippen LogP contribution in [0.15, 0.2) is 29.1 Å². The molecule has 4 heteroatoms. The topological polar surface area (TPSA) is 37.8 Å². The second kappa shape index (κ2) is 2.57. The number of nitrogens with one attached hydrogen (secondary N) is 1. The summed E-state index contributed by atoms with van der Waals surface area (Å²) < 4.78 is 1.41. The molecule has 0 amide bonds. The molecule has 0 atom stereocenters. The van der Waals surface area contributed by atoms with E-state index in [4.69, 9.17) is 12.2 Å². The van der Waals surface area contributed by atoms with Gasteiger partial charge in [-0.1, -0.05) is 24.4 Å². The zero-order chi connectivity index (χ0) is 8.55. The van der Waals surface area contributed by atoms with Crippen LogP contribution in [0.1, 0.15) is 0 Å². The smallest absolute Gasteiger partial charge is 0.305 e. The molecule has 3 nitrogen and oxygen atoms in total. The zero-order valence-electron chi connectivity index (χ0n) is 6.15. The van der Waals surface area contributed by atoms with E-state index in [0.717, 1.165) is 11.0 Å². The van der Waals surface area contributed by atoms with Gasteiger partial charge in [0, 0.05) is 0 Å². The molecule has 60 valence electrons. The number of H-pyrrole nitrogens is 1. The van der Waals surface area contributed by atoms with Crippen LogP contribution in [0, 0.1) is 0 Å². The lowest BCUT2D eigenvalue weighted by molar-refractivity contribution is 1.11. The van der Waals surface area contributed by atoms with E-state index in [1.807, 2.05) is 24.3 Å². The highest BCUT2D eigenvalue weighted by Gasteiger charge is 2.01. The lowest BCUT2D eigenvalue weighted by atomic mass is 10.3. The van der Waals surface area contributed by atoms with Gasteiger partial charge < -0.3 is 4.98 Å². The highest BCUT2D eigenvalue weighted by Crippen LogP contribution is 2.06. The number of nitrogens with zero attached hydrogens (tertiary/aromatic N) is 1. The van der Waals surface area contributed by atoms with Crippen LogP contribution in [0.3, 0.4) is 0 Å². The summed E-state index contributed by atoms with van der Waals surface area (Å²) in [7, 11) is 0. The first-order chi connectivity index (χ1) is 5.83. The standard InChI is InChI=1S/C8H6N2OS/c11-8-9-6-3-1-2-4-7(6)10(8)5-12/h1-5H,(H,9,11). The van der Waals surface area contributed by atoms with Gasteiger partial charge in [0.15, 0.2) is 0 Å². The third-order valence-electron chi connectivity index (χ3n) is 1.73. The molecule has 12 heavy (non-hydrogen) atoms. The largest absolute Gasteiger partial charge is 0.331 e. The number of hydrogen-bond acceptors (Lipinski definition) is 2. The second-order valence-electron chi connectivity index (χ2n) is 2.42. The number of aromatic nitrogens is 2. The molecule has 2 aromatic rings. The van der Waals surface area contributed by atoms with Gasteiger partial charge in [0.25, 0.3) is 0 Å². The second-order valence-corrected chi connectivity index (χ2v) is 2.63. The van der Waals surface area contributed by atoms with E-state index in [9.17, 15) is 4.79 Å². The third-order valence-corrected chi connectivity index (χ3v) is 1.94. The molecule has 1 N–H and O–H groups in total. The van der Waals surface area contributed by atoms with Gasteiger partial charge in [-0.2, -0.15) is 0 Å². The van der Waals surface area contributed by atoms with Crippen molar-refractivity contribution in [3.63, 3.8) is 0 Å². The number of fused-ring (bicyclic) bond motifs is 1. The highest BCUT2D eigenvalue weighted by atomic mass is 32.1. The van der Waals surface area contributed by atoms with Gasteiger partial charge >= 0.3 is 5.69 Å². The van der Waals surface area contributed by atoms with Crippen LogP contribution < -0.4 is 5.69 Å². The SMILES string of the molecule is O=c1[nH]c2ccccc2n1C=S. The lowest BCUT2D eigenvalue weighted by Crippen LogP contribution is -2.14. The number of rotatable bonds is 1. The van der Waals surface area contributed by atoms with Gasteiger partial charge in [-0.15, -0.1) is 0 Å². The number of aromatic amines is 1. The average Bonchev–Trinajstić information content (AvgIpc) is 2.40. The van der Waals surface area contributed by atoms with Crippen molar-refractivity contribution in [2.45, 2.75) is 0 Å². The first-order valence-electron chi connectivity index (χ1n) is 3.47. The Bertz CT molecular complexity index is 483. The van der Waals surface area contributed by atoms with Gasteiger partial charge in [-0.3, -0.25) is 4.57 Å². The van der Waals surface area contributed by atoms with E-state index < -0.39 is 0 Å². The van der Waals surface area contributed by atoms with Crippen LogP contribution in [-0.2, 0) is 0 Å². The number of imidazole rings is 1. The maximum Gasteiger partial charge on any atom is 0.331 e. The van der Waals surface area contributed by atoms with E-state index in [-0.39, 0.29) is 5.69 Å². The van der Waals surface area contributed by atoms with Crippen molar-refractivity contribution >= 4 is 28.7 Å². The Hall–Kier alpha value is -1.42. The monoisotopic (exact) mass is 178 g/mol. The third kappa shape index (κ3) is 0.887. The number of para-hydroxylation sites is 2. The number of benzene rings is 1. The zero-order valence-corrected chi connectivity index (χ0v) is 6.97. The number of thiocarbonyl (C=S) groups is 1. The predicted octanol–water partition coefficient (Wildman–Crippen LogP) is 1.13. The Balaban J connectivity index is 3.00. The molecule has 0 aliphatic carbocycles. The lowest BCUT2D eigenvalue weighted by Gasteiger charge is -1.90. The van der Waals surface area contributed by atoms with Crippen molar-refractivity contribution < 1.29 is 0 Å². The van der Waals surface area contributed by atoms with Crippen molar-refractivity contribution in [2.24, 2.45) is 0 Å². The fraction of sp³-hybridized carbons (Fsp3) is 0. The average molecular weight is 178 g/mol. The molecule has 0 radical (unpaired) electrons. The van der Waals surface area contributed by atoms with Crippen LogP contribution in [0.25, 0.3) is 11.0 Å². The van der Waals surface area contributed by atoms with Crippen LogP contribution >= 0.6 is 12.2 Å². The van der Waals surface area contributed by atoms with Crippen LogP contribution in [0.2, 0.25) is 0 Å². The molecule has 0 unspecified atom stereocenters. The summed E-state index contributed by atoms with van der Waals surface area (Å²) in [4.78, 5) is 13.9. The first-order valence-corrected chi connectivity index (χ1v) is 3.94. The van der Waals surface area contributed by atoms with E-state index >= 15 is 0 Å². The van der Waals surface area contributed by atoms with E-state index in [1.165, 1.54) is 10.1 Å². The van der Waals surface area contributed by atoms with Crippen molar-refractivity contribution in [3.05, 3.63) is 34.7 Å². The molecule has 2 rings (SSSR count). The Kier molecular flexibility index (Phi) is 1.55. The van der Waals surface area contributed by atoms with E-state index in [1.54, 1.807) is 0 Å². The summed E-state index contributed by atoms with van der Waals surface area (Å²) in [6.45, 7) is 0. The molecule has 0 bridgehead atoms. The van der Waals surface area contributed by atoms with E-state index in [0.29, 0.717) is 0 Å². The Morgan fingerprint density at radius 1 is 1.42 bits per heavy atom. The summed E-state index contributed by atoms with van der Waals surface area (Å²) in [5, 5.41) is 0. The molecular weight excluding hydrogens is 172 g/mol. The number of hydrogen-bond donors (Lipinski definition) is 1. The molecule has 0 saturated carbocycles. The van der Waals surface area contributed by atoms with Gasteiger partial charge in [-0.25, -0.2) is 4.79 Å². The molecular formula is C8H6N2OS. The maximum absolute atomic E-state index is 11.2. The fourth-order valence-corrected chi connectivity index (χ4v) is 1.39. The van der Waals surface area contributed by atoms with Crippen LogP contribution in [0.4, 0.5) is 0 Å². The minimum atomic E-state index is -0.189. The Morgan fingerprint density at radius 3 is 2.92 bits per heavy atom. The Morgan fingerprint density at radius 2 is 2.17 bits per heavy atom. The molecule has 0 aliphatic heterocycles. The Labute approximate surface area is 73.6 Å². The van der Waals surface area contributed by atoms with Crippen molar-refractivity contribution in [3.8, 4) is 0 Å². The minimum Gasteiger partial charge on any atom is -0.305 e. The molecule has 1 heterocycles. The summed E-state index contributed by atoms with van der Waals surface area (Å²) in [5.74, 6) is 0. The van der Waals surface area contributed by atoms with E-state index in [2.05, 4.69) is 4.98 Å². The van der Waals surface area contributed by atoms with Gasteiger partial charge in [0.2, 0.25) is 0 Å².